The van der Waals surface area contributed by atoms with E-state index in [1.54, 1.807) is 4.52 Å². The number of nitrogens with one attached hydrogen (secondary N) is 1. The van der Waals surface area contributed by atoms with Crippen LogP contribution in [0, 0.1) is 6.92 Å². The number of anilines is 1. The highest BCUT2D eigenvalue weighted by molar-refractivity contribution is 5.40. The van der Waals surface area contributed by atoms with Crippen molar-refractivity contribution in [3.63, 3.8) is 0 Å². The maximum atomic E-state index is 11.3. The van der Waals surface area contributed by atoms with E-state index in [4.69, 9.17) is 4.74 Å². The lowest BCUT2D eigenvalue weighted by Gasteiger charge is -2.25. The minimum atomic E-state index is -0.157. The Morgan fingerprint density at radius 1 is 1.41 bits per heavy atom. The van der Waals surface area contributed by atoms with Crippen molar-refractivity contribution in [2.24, 2.45) is 0 Å². The SMILES string of the molecule is Cc1cc(=O)[nH]c2nc(N3CCOCC3)nn12. The molecule has 0 amide bonds. The maximum Gasteiger partial charge on any atom is 0.252 e. The first kappa shape index (κ1) is 10.3. The molecule has 0 aliphatic carbocycles. The number of hydrogen-bond donors (Lipinski definition) is 1. The Kier molecular flexibility index (Phi) is 2.32. The van der Waals surface area contributed by atoms with E-state index in [0.29, 0.717) is 24.9 Å². The van der Waals surface area contributed by atoms with Crippen LogP contribution in [0.3, 0.4) is 0 Å². The molecule has 0 radical (unpaired) electrons. The van der Waals surface area contributed by atoms with Crippen molar-refractivity contribution >= 4 is 11.7 Å². The van der Waals surface area contributed by atoms with Gasteiger partial charge in [-0.15, -0.1) is 5.10 Å². The topological polar surface area (TPSA) is 75.5 Å². The molecule has 1 saturated heterocycles. The van der Waals surface area contributed by atoms with Gasteiger partial charge >= 0.3 is 0 Å². The highest BCUT2D eigenvalue weighted by Gasteiger charge is 2.16. The lowest BCUT2D eigenvalue weighted by atomic mass is 10.4. The summed E-state index contributed by atoms with van der Waals surface area (Å²) >= 11 is 0. The van der Waals surface area contributed by atoms with Crippen LogP contribution in [0.25, 0.3) is 5.78 Å². The fourth-order valence-corrected chi connectivity index (χ4v) is 1.92. The van der Waals surface area contributed by atoms with Crippen molar-refractivity contribution in [1.29, 1.82) is 0 Å². The predicted molar refractivity (Wildman–Crippen MR) is 61.4 cm³/mol. The molecule has 0 unspecified atom stereocenters. The first-order valence-electron chi connectivity index (χ1n) is 5.53. The molecule has 0 spiro atoms. The van der Waals surface area contributed by atoms with Crippen molar-refractivity contribution in [2.75, 3.05) is 31.2 Å². The first-order chi connectivity index (χ1) is 8.24. The van der Waals surface area contributed by atoms with Crippen LogP contribution in [0.2, 0.25) is 0 Å². The molecule has 1 aliphatic rings. The van der Waals surface area contributed by atoms with E-state index >= 15 is 0 Å². The van der Waals surface area contributed by atoms with Gasteiger partial charge in [0.05, 0.1) is 13.2 Å². The smallest absolute Gasteiger partial charge is 0.252 e. The number of aromatic nitrogens is 4. The maximum absolute atomic E-state index is 11.3. The van der Waals surface area contributed by atoms with Gasteiger partial charge in [0.25, 0.3) is 5.56 Å². The third kappa shape index (κ3) is 1.78. The Hall–Kier alpha value is -1.89. The van der Waals surface area contributed by atoms with E-state index in [2.05, 4.69) is 15.1 Å². The van der Waals surface area contributed by atoms with Gasteiger partial charge in [-0.25, -0.2) is 4.52 Å². The molecular formula is C10H13N5O2. The second kappa shape index (κ2) is 3.85. The summed E-state index contributed by atoms with van der Waals surface area (Å²) in [5, 5.41) is 4.38. The summed E-state index contributed by atoms with van der Waals surface area (Å²) in [6.07, 6.45) is 0. The van der Waals surface area contributed by atoms with Gasteiger partial charge in [0.15, 0.2) is 0 Å². The summed E-state index contributed by atoms with van der Waals surface area (Å²) in [6, 6.07) is 1.50. The molecular weight excluding hydrogens is 222 g/mol. The number of hydrogen-bond acceptors (Lipinski definition) is 5. The van der Waals surface area contributed by atoms with Crippen LogP contribution in [0.1, 0.15) is 5.69 Å². The second-order valence-corrected chi connectivity index (χ2v) is 4.02. The van der Waals surface area contributed by atoms with Gasteiger partial charge in [0, 0.05) is 24.8 Å². The molecule has 2 aromatic rings. The molecule has 0 bridgehead atoms. The third-order valence-corrected chi connectivity index (χ3v) is 2.80. The molecule has 1 N–H and O–H groups in total. The lowest BCUT2D eigenvalue weighted by molar-refractivity contribution is 0.122. The van der Waals surface area contributed by atoms with Crippen LogP contribution >= 0.6 is 0 Å². The summed E-state index contributed by atoms with van der Waals surface area (Å²) < 4.78 is 6.92. The zero-order valence-corrected chi connectivity index (χ0v) is 9.51. The number of H-pyrrole nitrogens is 1. The number of nitrogens with zero attached hydrogens (tertiary/aromatic N) is 4. The van der Waals surface area contributed by atoms with Gasteiger partial charge < -0.3 is 9.64 Å². The molecule has 90 valence electrons. The van der Waals surface area contributed by atoms with Gasteiger partial charge in [-0.2, -0.15) is 4.98 Å². The summed E-state index contributed by atoms with van der Waals surface area (Å²) in [4.78, 5) is 20.4. The highest BCUT2D eigenvalue weighted by atomic mass is 16.5. The van der Waals surface area contributed by atoms with Gasteiger partial charge in [-0.1, -0.05) is 0 Å². The molecule has 3 heterocycles. The average molecular weight is 235 g/mol. The fraction of sp³-hybridized carbons (Fsp3) is 0.500. The Labute approximate surface area is 97.0 Å². The zero-order valence-electron chi connectivity index (χ0n) is 9.51. The summed E-state index contributed by atoms with van der Waals surface area (Å²) in [7, 11) is 0. The molecule has 3 rings (SSSR count). The third-order valence-electron chi connectivity index (χ3n) is 2.80. The van der Waals surface area contributed by atoms with Gasteiger partial charge in [0.2, 0.25) is 11.7 Å². The van der Waals surface area contributed by atoms with Crippen LogP contribution in [-0.4, -0.2) is 45.9 Å². The summed E-state index contributed by atoms with van der Waals surface area (Å²) in [6.45, 7) is 4.76. The molecule has 7 nitrogen and oxygen atoms in total. The predicted octanol–water partition coefficient (Wildman–Crippen LogP) is -0.437. The van der Waals surface area contributed by atoms with Crippen molar-refractivity contribution in [3.05, 3.63) is 22.1 Å². The molecule has 0 atom stereocenters. The summed E-state index contributed by atoms with van der Waals surface area (Å²) in [5.41, 5.74) is 0.617. The van der Waals surface area contributed by atoms with Crippen molar-refractivity contribution in [3.8, 4) is 0 Å². The number of ether oxygens (including phenoxy) is 1. The molecule has 1 fully saturated rings. The molecule has 7 heteroatoms. The van der Waals surface area contributed by atoms with Crippen LogP contribution in [-0.2, 0) is 4.74 Å². The fourth-order valence-electron chi connectivity index (χ4n) is 1.92. The number of aromatic amines is 1. The molecule has 0 saturated carbocycles. The molecule has 2 aromatic heterocycles. The van der Waals surface area contributed by atoms with E-state index in [1.807, 2.05) is 11.8 Å². The Morgan fingerprint density at radius 3 is 2.94 bits per heavy atom. The molecule has 0 aromatic carbocycles. The summed E-state index contributed by atoms with van der Waals surface area (Å²) in [5.74, 6) is 1.12. The number of fused-ring (bicyclic) bond motifs is 1. The van der Waals surface area contributed by atoms with Gasteiger partial charge in [0.1, 0.15) is 0 Å². The monoisotopic (exact) mass is 235 g/mol. The number of morpholine rings is 1. The van der Waals surface area contributed by atoms with Crippen molar-refractivity contribution in [2.45, 2.75) is 6.92 Å². The first-order valence-corrected chi connectivity index (χ1v) is 5.53. The highest BCUT2D eigenvalue weighted by Crippen LogP contribution is 2.11. The lowest BCUT2D eigenvalue weighted by Crippen LogP contribution is -2.36. The molecule has 1 aliphatic heterocycles. The Morgan fingerprint density at radius 2 is 2.18 bits per heavy atom. The van der Waals surface area contributed by atoms with Crippen LogP contribution in [0.5, 0.6) is 0 Å². The van der Waals surface area contributed by atoms with Crippen LogP contribution < -0.4 is 10.5 Å². The van der Waals surface area contributed by atoms with Crippen molar-refractivity contribution in [1.82, 2.24) is 19.6 Å². The second-order valence-electron chi connectivity index (χ2n) is 4.02. The molecule has 17 heavy (non-hydrogen) atoms. The average Bonchev–Trinajstić information content (AvgIpc) is 2.74. The minimum Gasteiger partial charge on any atom is -0.378 e. The Balaban J connectivity index is 2.06. The quantitative estimate of drug-likeness (QED) is 0.725. The van der Waals surface area contributed by atoms with Crippen LogP contribution in [0.4, 0.5) is 5.95 Å². The minimum absolute atomic E-state index is 0.157. The van der Waals surface area contributed by atoms with Gasteiger partial charge in [-0.05, 0) is 6.92 Å². The van der Waals surface area contributed by atoms with Crippen molar-refractivity contribution < 1.29 is 4.74 Å². The standard InChI is InChI=1S/C10H13N5O2/c1-7-6-8(16)11-9-12-10(13-15(7)9)14-2-4-17-5-3-14/h6H,2-5H2,1H3,(H,11,12,13,16). The Bertz CT molecular complexity index is 596. The largest absolute Gasteiger partial charge is 0.378 e. The number of rotatable bonds is 1. The van der Waals surface area contributed by atoms with E-state index < -0.39 is 0 Å². The van der Waals surface area contributed by atoms with E-state index in [9.17, 15) is 4.79 Å². The number of aryl methyl sites for hydroxylation is 1. The van der Waals surface area contributed by atoms with E-state index in [0.717, 1.165) is 18.8 Å². The van der Waals surface area contributed by atoms with E-state index in [-0.39, 0.29) is 5.56 Å². The zero-order chi connectivity index (χ0) is 11.8. The normalized spacial score (nSPS) is 16.6. The van der Waals surface area contributed by atoms with Gasteiger partial charge in [-0.3, -0.25) is 9.78 Å². The van der Waals surface area contributed by atoms with E-state index in [1.165, 1.54) is 6.07 Å². The van der Waals surface area contributed by atoms with Crippen LogP contribution in [0.15, 0.2) is 10.9 Å².